The fourth-order valence-electron chi connectivity index (χ4n) is 2.90. The van der Waals surface area contributed by atoms with Gasteiger partial charge in [0.2, 0.25) is 5.91 Å². The molecule has 24 heavy (non-hydrogen) atoms. The fraction of sp³-hybridized carbons (Fsp3) is 0.250. The van der Waals surface area contributed by atoms with Crippen LogP contribution in [0, 0.1) is 0 Å². The summed E-state index contributed by atoms with van der Waals surface area (Å²) in [6.45, 7) is 3.93. The minimum Gasteiger partial charge on any atom is -0.361 e. The van der Waals surface area contributed by atoms with E-state index in [1.54, 1.807) is 13.8 Å². The Morgan fingerprint density at radius 2 is 1.79 bits per heavy atom. The highest BCUT2D eigenvalue weighted by atomic mass is 16.2. The van der Waals surface area contributed by atoms with E-state index in [0.29, 0.717) is 6.54 Å². The van der Waals surface area contributed by atoms with Gasteiger partial charge in [-0.15, -0.1) is 0 Å². The number of nitrogens with one attached hydrogen (secondary N) is 2. The summed E-state index contributed by atoms with van der Waals surface area (Å²) in [6.07, 6.45) is 2.03. The van der Waals surface area contributed by atoms with Crippen LogP contribution in [-0.2, 0) is 4.79 Å². The molecule has 3 rings (SSSR count). The maximum absolute atomic E-state index is 12.2. The van der Waals surface area contributed by atoms with Crippen molar-refractivity contribution < 1.29 is 4.79 Å². The number of nitrogens with two attached hydrogens (primary N) is 1. The Labute approximate surface area is 142 Å². The maximum Gasteiger partial charge on any atom is 0.239 e. The summed E-state index contributed by atoms with van der Waals surface area (Å²) in [6, 6.07) is 18.4. The Kier molecular flexibility index (Phi) is 4.40. The Bertz CT molecular complexity index is 831. The average Bonchev–Trinajstić information content (AvgIpc) is 2.99. The molecular weight excluding hydrogens is 298 g/mol. The highest BCUT2D eigenvalue weighted by Crippen LogP contribution is 2.30. The lowest BCUT2D eigenvalue weighted by molar-refractivity contribution is -0.125. The number of para-hydroxylation sites is 1. The van der Waals surface area contributed by atoms with E-state index in [-0.39, 0.29) is 11.8 Å². The molecule has 0 radical (unpaired) electrons. The zero-order valence-electron chi connectivity index (χ0n) is 14.0. The minimum atomic E-state index is -0.887. The van der Waals surface area contributed by atoms with Crippen LogP contribution in [0.3, 0.4) is 0 Å². The highest BCUT2D eigenvalue weighted by Gasteiger charge is 2.24. The molecule has 1 heterocycles. The number of H-pyrrole nitrogens is 1. The van der Waals surface area contributed by atoms with Gasteiger partial charge in [0.15, 0.2) is 0 Å². The first kappa shape index (κ1) is 16.3. The lowest BCUT2D eigenvalue weighted by atomic mass is 9.90. The van der Waals surface area contributed by atoms with Gasteiger partial charge in [-0.25, -0.2) is 0 Å². The van der Waals surface area contributed by atoms with E-state index >= 15 is 0 Å². The van der Waals surface area contributed by atoms with Gasteiger partial charge in [0.25, 0.3) is 0 Å². The lowest BCUT2D eigenvalue weighted by Crippen LogP contribution is -2.50. The number of benzene rings is 2. The van der Waals surface area contributed by atoms with E-state index in [0.717, 1.165) is 11.1 Å². The molecule has 4 heteroatoms. The van der Waals surface area contributed by atoms with Gasteiger partial charge in [-0.05, 0) is 31.0 Å². The van der Waals surface area contributed by atoms with Gasteiger partial charge in [0.1, 0.15) is 0 Å². The number of rotatable bonds is 5. The third kappa shape index (κ3) is 3.34. The summed E-state index contributed by atoms with van der Waals surface area (Å²) in [4.78, 5) is 15.5. The fourth-order valence-corrected chi connectivity index (χ4v) is 2.90. The van der Waals surface area contributed by atoms with Crippen LogP contribution in [0.25, 0.3) is 10.9 Å². The molecule has 0 bridgehead atoms. The molecule has 0 saturated carbocycles. The highest BCUT2D eigenvalue weighted by molar-refractivity contribution is 5.86. The van der Waals surface area contributed by atoms with E-state index in [9.17, 15) is 4.79 Å². The molecular formula is C20H23N3O. The molecule has 4 nitrogen and oxygen atoms in total. The minimum absolute atomic E-state index is 0.0636. The van der Waals surface area contributed by atoms with Crippen molar-refractivity contribution in [1.82, 2.24) is 10.3 Å². The Morgan fingerprint density at radius 1 is 1.12 bits per heavy atom. The van der Waals surface area contributed by atoms with Crippen molar-refractivity contribution >= 4 is 16.8 Å². The number of carbonyl (C=O) groups excluding carboxylic acids is 1. The monoisotopic (exact) mass is 321 g/mol. The number of amides is 1. The third-order valence-corrected chi connectivity index (χ3v) is 4.25. The number of aromatic amines is 1. The second-order valence-corrected chi connectivity index (χ2v) is 6.68. The molecule has 0 aliphatic rings. The average molecular weight is 321 g/mol. The van der Waals surface area contributed by atoms with Gasteiger partial charge < -0.3 is 16.0 Å². The van der Waals surface area contributed by atoms with Gasteiger partial charge in [-0.1, -0.05) is 48.5 Å². The van der Waals surface area contributed by atoms with Crippen LogP contribution in [0.4, 0.5) is 0 Å². The molecule has 2 aromatic carbocycles. The lowest BCUT2D eigenvalue weighted by Gasteiger charge is -2.22. The normalized spacial score (nSPS) is 13.0. The molecule has 1 amide bonds. The van der Waals surface area contributed by atoms with E-state index in [4.69, 9.17) is 5.73 Å². The van der Waals surface area contributed by atoms with Crippen molar-refractivity contribution in [3.05, 3.63) is 71.9 Å². The van der Waals surface area contributed by atoms with Crippen LogP contribution in [0.1, 0.15) is 30.9 Å². The van der Waals surface area contributed by atoms with Gasteiger partial charge in [-0.2, -0.15) is 0 Å². The first-order valence-electron chi connectivity index (χ1n) is 8.15. The predicted octanol–water partition coefficient (Wildman–Crippen LogP) is 3.15. The summed E-state index contributed by atoms with van der Waals surface area (Å²) in [5, 5.41) is 4.17. The van der Waals surface area contributed by atoms with Gasteiger partial charge >= 0.3 is 0 Å². The largest absolute Gasteiger partial charge is 0.361 e. The molecule has 0 saturated heterocycles. The number of aromatic nitrogens is 1. The molecule has 0 aliphatic heterocycles. The summed E-state index contributed by atoms with van der Waals surface area (Å²) >= 11 is 0. The van der Waals surface area contributed by atoms with Crippen LogP contribution in [0.2, 0.25) is 0 Å². The summed E-state index contributed by atoms with van der Waals surface area (Å²) in [5.74, 6) is -0.0862. The number of fused-ring (bicyclic) bond motifs is 1. The second-order valence-electron chi connectivity index (χ2n) is 6.68. The quantitative estimate of drug-likeness (QED) is 0.675. The Morgan fingerprint density at radius 3 is 2.50 bits per heavy atom. The predicted molar refractivity (Wildman–Crippen MR) is 97.9 cm³/mol. The van der Waals surface area contributed by atoms with Crippen molar-refractivity contribution in [3.63, 3.8) is 0 Å². The maximum atomic E-state index is 12.2. The van der Waals surface area contributed by atoms with Crippen molar-refractivity contribution in [1.29, 1.82) is 0 Å². The molecule has 0 spiro atoms. The Hall–Kier alpha value is -2.59. The van der Waals surface area contributed by atoms with Crippen LogP contribution in [-0.4, -0.2) is 23.0 Å². The van der Waals surface area contributed by atoms with Crippen LogP contribution < -0.4 is 11.1 Å². The molecule has 124 valence electrons. The first-order valence-corrected chi connectivity index (χ1v) is 8.15. The number of carbonyl (C=O) groups is 1. The van der Waals surface area contributed by atoms with E-state index in [1.165, 1.54) is 10.9 Å². The first-order chi connectivity index (χ1) is 11.5. The van der Waals surface area contributed by atoms with E-state index < -0.39 is 5.54 Å². The van der Waals surface area contributed by atoms with Gasteiger partial charge in [0, 0.05) is 29.6 Å². The van der Waals surface area contributed by atoms with Crippen LogP contribution in [0.15, 0.2) is 60.8 Å². The molecule has 1 aromatic heterocycles. The van der Waals surface area contributed by atoms with Crippen molar-refractivity contribution in [2.75, 3.05) is 6.54 Å². The van der Waals surface area contributed by atoms with E-state index in [1.807, 2.05) is 36.5 Å². The number of hydrogen-bond acceptors (Lipinski definition) is 2. The van der Waals surface area contributed by atoms with Crippen LogP contribution in [0.5, 0.6) is 0 Å². The molecule has 1 atom stereocenters. The van der Waals surface area contributed by atoms with E-state index in [2.05, 4.69) is 34.6 Å². The summed E-state index contributed by atoms with van der Waals surface area (Å²) in [5.41, 5.74) is 8.44. The summed E-state index contributed by atoms with van der Waals surface area (Å²) in [7, 11) is 0. The molecule has 0 aliphatic carbocycles. The van der Waals surface area contributed by atoms with Gasteiger partial charge in [-0.3, -0.25) is 4.79 Å². The SMILES string of the molecule is CC(C)(N)C(=O)NCC(c1ccccc1)c1c[nH]c2ccccc12. The summed E-state index contributed by atoms with van der Waals surface area (Å²) < 4.78 is 0. The number of hydrogen-bond donors (Lipinski definition) is 3. The second kappa shape index (κ2) is 6.49. The van der Waals surface area contributed by atoms with Gasteiger partial charge in [0.05, 0.1) is 5.54 Å². The topological polar surface area (TPSA) is 70.9 Å². The zero-order valence-corrected chi connectivity index (χ0v) is 14.0. The van der Waals surface area contributed by atoms with Crippen LogP contribution >= 0.6 is 0 Å². The Balaban J connectivity index is 1.96. The molecule has 1 unspecified atom stereocenters. The molecule has 4 N–H and O–H groups in total. The third-order valence-electron chi connectivity index (χ3n) is 4.25. The van der Waals surface area contributed by atoms with Crippen molar-refractivity contribution in [3.8, 4) is 0 Å². The molecule has 0 fully saturated rings. The standard InChI is InChI=1S/C20H23N3O/c1-20(2,21)19(24)23-12-16(14-8-4-3-5-9-14)17-13-22-18-11-7-6-10-15(17)18/h3-11,13,16,22H,12,21H2,1-2H3,(H,23,24). The smallest absolute Gasteiger partial charge is 0.239 e. The van der Waals surface area contributed by atoms with Crippen molar-refractivity contribution in [2.24, 2.45) is 5.73 Å². The van der Waals surface area contributed by atoms with Crippen molar-refractivity contribution in [2.45, 2.75) is 25.3 Å². The molecule has 3 aromatic rings. The zero-order chi connectivity index (χ0) is 17.2.